The summed E-state index contributed by atoms with van der Waals surface area (Å²) in [6, 6.07) is 11.6. The minimum atomic E-state index is 0.487. The third-order valence-corrected chi connectivity index (χ3v) is 4.12. The molecule has 6 nitrogen and oxygen atoms in total. The van der Waals surface area contributed by atoms with E-state index in [4.69, 9.17) is 11.6 Å². The number of fused-ring (bicyclic) bond motifs is 1. The Hall–Kier alpha value is -2.99. The van der Waals surface area contributed by atoms with Crippen LogP contribution in [0.3, 0.4) is 0 Å². The maximum atomic E-state index is 6.12. The summed E-state index contributed by atoms with van der Waals surface area (Å²) >= 11 is 6.12. The summed E-state index contributed by atoms with van der Waals surface area (Å²) < 4.78 is 0. The van der Waals surface area contributed by atoms with Gasteiger partial charge in [-0.1, -0.05) is 17.7 Å². The highest BCUT2D eigenvalue weighted by molar-refractivity contribution is 6.30. The van der Waals surface area contributed by atoms with Gasteiger partial charge in [-0.05, 0) is 49.7 Å². The van der Waals surface area contributed by atoms with E-state index in [1.807, 2.05) is 50.2 Å². The van der Waals surface area contributed by atoms with Crippen LogP contribution in [0.5, 0.6) is 0 Å². The van der Waals surface area contributed by atoms with Crippen LogP contribution in [-0.2, 0) is 0 Å². The molecule has 25 heavy (non-hydrogen) atoms. The number of aromatic amines is 1. The monoisotopic (exact) mass is 350 g/mol. The lowest BCUT2D eigenvalue weighted by Crippen LogP contribution is -2.03. The van der Waals surface area contributed by atoms with E-state index in [-0.39, 0.29) is 0 Å². The van der Waals surface area contributed by atoms with E-state index in [0.29, 0.717) is 22.6 Å². The second kappa shape index (κ2) is 6.14. The van der Waals surface area contributed by atoms with Gasteiger partial charge in [0.1, 0.15) is 5.82 Å². The van der Waals surface area contributed by atoms with E-state index >= 15 is 0 Å². The average Bonchev–Trinajstić information content (AvgIpc) is 3.04. The molecule has 0 amide bonds. The fourth-order valence-electron chi connectivity index (χ4n) is 2.64. The van der Waals surface area contributed by atoms with Gasteiger partial charge in [0.05, 0.1) is 11.7 Å². The smallest absolute Gasteiger partial charge is 0.231 e. The van der Waals surface area contributed by atoms with Crippen molar-refractivity contribution in [3.05, 3.63) is 59.0 Å². The first-order chi connectivity index (χ1) is 12.1. The average molecular weight is 351 g/mol. The van der Waals surface area contributed by atoms with Crippen LogP contribution in [0.25, 0.3) is 22.3 Å². The maximum Gasteiger partial charge on any atom is 0.231 e. The molecule has 2 heterocycles. The zero-order valence-electron chi connectivity index (χ0n) is 13.7. The van der Waals surface area contributed by atoms with Gasteiger partial charge in [0, 0.05) is 21.7 Å². The number of benzene rings is 2. The lowest BCUT2D eigenvalue weighted by atomic mass is 10.1. The highest BCUT2D eigenvalue weighted by Crippen LogP contribution is 2.25. The van der Waals surface area contributed by atoms with Gasteiger partial charge in [-0.25, -0.2) is 4.98 Å². The van der Waals surface area contributed by atoms with Crippen molar-refractivity contribution in [3.8, 4) is 11.4 Å². The highest BCUT2D eigenvalue weighted by atomic mass is 35.5. The number of rotatable bonds is 3. The van der Waals surface area contributed by atoms with E-state index < -0.39 is 0 Å². The Labute approximate surface area is 149 Å². The molecule has 0 aliphatic heterocycles. The van der Waals surface area contributed by atoms with Crippen molar-refractivity contribution in [1.29, 1.82) is 0 Å². The summed E-state index contributed by atoms with van der Waals surface area (Å²) in [7, 11) is 0. The minimum absolute atomic E-state index is 0.487. The summed E-state index contributed by atoms with van der Waals surface area (Å²) in [5.74, 6) is 1.72. The van der Waals surface area contributed by atoms with Crippen LogP contribution in [0.1, 0.15) is 11.4 Å². The van der Waals surface area contributed by atoms with Gasteiger partial charge in [0.15, 0.2) is 5.82 Å². The van der Waals surface area contributed by atoms with E-state index in [1.165, 1.54) is 0 Å². The Morgan fingerprint density at radius 1 is 1.00 bits per heavy atom. The predicted octanol–water partition coefficient (Wildman–Crippen LogP) is 4.43. The van der Waals surface area contributed by atoms with Gasteiger partial charge in [-0.3, -0.25) is 5.10 Å². The van der Waals surface area contributed by atoms with E-state index in [1.54, 1.807) is 6.20 Å². The van der Waals surface area contributed by atoms with E-state index in [9.17, 15) is 0 Å². The van der Waals surface area contributed by atoms with Crippen molar-refractivity contribution >= 4 is 34.1 Å². The van der Waals surface area contributed by atoms with Crippen LogP contribution in [0, 0.1) is 13.8 Å². The number of nitrogens with zero attached hydrogens (tertiary/aromatic N) is 4. The molecule has 0 spiro atoms. The van der Waals surface area contributed by atoms with Crippen molar-refractivity contribution in [3.63, 3.8) is 0 Å². The first-order valence-corrected chi connectivity index (χ1v) is 8.16. The molecule has 0 saturated heterocycles. The Balaban J connectivity index is 1.73. The van der Waals surface area contributed by atoms with Gasteiger partial charge in [-0.2, -0.15) is 15.1 Å². The summed E-state index contributed by atoms with van der Waals surface area (Å²) in [5, 5.41) is 11.9. The molecule has 0 saturated carbocycles. The molecule has 0 fully saturated rings. The number of aryl methyl sites for hydroxylation is 2. The van der Waals surface area contributed by atoms with Crippen molar-refractivity contribution in [2.75, 3.05) is 5.32 Å². The number of hydrogen-bond donors (Lipinski definition) is 2. The van der Waals surface area contributed by atoms with Crippen LogP contribution >= 0.6 is 11.6 Å². The molecular formula is C18H15ClN6. The van der Waals surface area contributed by atoms with Crippen LogP contribution in [0.4, 0.5) is 11.6 Å². The number of halogens is 1. The molecule has 4 aromatic rings. The first-order valence-electron chi connectivity index (χ1n) is 7.78. The molecule has 7 heteroatoms. The molecule has 0 unspecified atom stereocenters. The number of aromatic nitrogens is 5. The standard InChI is InChI=1S/C18H15ClN6/c1-10-3-5-13(19)7-15(10)17-21-11(2)22-18(24-17)23-14-6-4-12-9-20-25-16(12)8-14/h3-9H,1-2H3,(H,20,25)(H,21,22,23,24). The van der Waals surface area contributed by atoms with Gasteiger partial charge in [0.25, 0.3) is 0 Å². The maximum absolute atomic E-state index is 6.12. The molecule has 2 aromatic heterocycles. The van der Waals surface area contributed by atoms with E-state index in [0.717, 1.165) is 27.7 Å². The van der Waals surface area contributed by atoms with Crippen LogP contribution < -0.4 is 5.32 Å². The Bertz CT molecular complexity index is 1070. The summed E-state index contributed by atoms with van der Waals surface area (Å²) in [5.41, 5.74) is 3.77. The van der Waals surface area contributed by atoms with Crippen LogP contribution in [0.2, 0.25) is 5.02 Å². The third-order valence-electron chi connectivity index (χ3n) is 3.89. The minimum Gasteiger partial charge on any atom is -0.324 e. The van der Waals surface area contributed by atoms with Crippen molar-refractivity contribution in [2.24, 2.45) is 0 Å². The largest absolute Gasteiger partial charge is 0.324 e. The zero-order valence-corrected chi connectivity index (χ0v) is 14.5. The number of nitrogens with one attached hydrogen (secondary N) is 2. The highest BCUT2D eigenvalue weighted by Gasteiger charge is 2.10. The third kappa shape index (κ3) is 3.16. The molecule has 0 aliphatic carbocycles. The Morgan fingerprint density at radius 2 is 1.88 bits per heavy atom. The molecule has 0 atom stereocenters. The zero-order chi connectivity index (χ0) is 17.4. The molecule has 0 bridgehead atoms. The Kier molecular flexibility index (Phi) is 3.82. The fourth-order valence-corrected chi connectivity index (χ4v) is 2.81. The molecule has 2 aromatic carbocycles. The van der Waals surface area contributed by atoms with Crippen molar-refractivity contribution < 1.29 is 0 Å². The first kappa shape index (κ1) is 15.5. The van der Waals surface area contributed by atoms with Crippen LogP contribution in [-0.4, -0.2) is 25.1 Å². The van der Waals surface area contributed by atoms with Gasteiger partial charge < -0.3 is 5.32 Å². The summed E-state index contributed by atoms with van der Waals surface area (Å²) in [6.45, 7) is 3.85. The second-order valence-electron chi connectivity index (χ2n) is 5.79. The quantitative estimate of drug-likeness (QED) is 0.571. The molecule has 0 aliphatic rings. The molecule has 124 valence electrons. The summed E-state index contributed by atoms with van der Waals surface area (Å²) in [4.78, 5) is 13.4. The Morgan fingerprint density at radius 3 is 2.76 bits per heavy atom. The normalized spacial score (nSPS) is 11.0. The van der Waals surface area contributed by atoms with E-state index in [2.05, 4.69) is 30.5 Å². The van der Waals surface area contributed by atoms with Crippen LogP contribution in [0.15, 0.2) is 42.6 Å². The molecule has 2 N–H and O–H groups in total. The van der Waals surface area contributed by atoms with Gasteiger partial charge in [0.2, 0.25) is 5.95 Å². The predicted molar refractivity (Wildman–Crippen MR) is 99.1 cm³/mol. The molecule has 0 radical (unpaired) electrons. The molecule has 4 rings (SSSR count). The van der Waals surface area contributed by atoms with Crippen molar-refractivity contribution in [1.82, 2.24) is 25.1 Å². The number of H-pyrrole nitrogens is 1. The fraction of sp³-hybridized carbons (Fsp3) is 0.111. The second-order valence-corrected chi connectivity index (χ2v) is 6.22. The van der Waals surface area contributed by atoms with Crippen molar-refractivity contribution in [2.45, 2.75) is 13.8 Å². The summed E-state index contributed by atoms with van der Waals surface area (Å²) in [6.07, 6.45) is 1.78. The molecular weight excluding hydrogens is 336 g/mol. The SMILES string of the molecule is Cc1nc(Nc2ccc3cn[nH]c3c2)nc(-c2cc(Cl)ccc2C)n1. The van der Waals surface area contributed by atoms with Gasteiger partial charge >= 0.3 is 0 Å². The number of anilines is 2. The lowest BCUT2D eigenvalue weighted by molar-refractivity contribution is 0.989. The number of hydrogen-bond acceptors (Lipinski definition) is 5. The van der Waals surface area contributed by atoms with Gasteiger partial charge in [-0.15, -0.1) is 0 Å². The topological polar surface area (TPSA) is 79.4 Å². The lowest BCUT2D eigenvalue weighted by Gasteiger charge is -2.09.